The van der Waals surface area contributed by atoms with Crippen LogP contribution in [0.15, 0.2) is 36.4 Å². The van der Waals surface area contributed by atoms with E-state index in [4.69, 9.17) is 0 Å². The molecule has 0 aliphatic carbocycles. The van der Waals surface area contributed by atoms with Crippen LogP contribution in [-0.4, -0.2) is 6.67 Å². The third-order valence-electron chi connectivity index (χ3n) is 3.17. The molecular formula is C16H15F3. The molecule has 0 radical (unpaired) electrons. The molecule has 0 saturated carbocycles. The Morgan fingerprint density at radius 3 is 2.00 bits per heavy atom. The highest BCUT2D eigenvalue weighted by molar-refractivity contribution is 5.64. The summed E-state index contributed by atoms with van der Waals surface area (Å²) in [5.74, 6) is -1.09. The molecule has 3 heteroatoms. The molecule has 0 aliphatic rings. The van der Waals surface area contributed by atoms with Crippen LogP contribution >= 0.6 is 0 Å². The number of alkyl halides is 1. The van der Waals surface area contributed by atoms with Crippen molar-refractivity contribution in [3.05, 3.63) is 59.2 Å². The van der Waals surface area contributed by atoms with E-state index in [9.17, 15) is 13.2 Å². The minimum atomic E-state index is -0.545. The van der Waals surface area contributed by atoms with E-state index >= 15 is 0 Å². The van der Waals surface area contributed by atoms with Crippen molar-refractivity contribution in [3.63, 3.8) is 0 Å². The van der Waals surface area contributed by atoms with Gasteiger partial charge in [0.25, 0.3) is 0 Å². The molecule has 2 rings (SSSR count). The minimum Gasteiger partial charge on any atom is -0.251 e. The molecule has 0 N–H and O–H groups in total. The second kappa shape index (κ2) is 5.91. The number of benzene rings is 2. The van der Waals surface area contributed by atoms with Gasteiger partial charge < -0.3 is 0 Å². The highest BCUT2D eigenvalue weighted by Crippen LogP contribution is 2.24. The van der Waals surface area contributed by atoms with Crippen LogP contribution in [0.4, 0.5) is 13.2 Å². The average molecular weight is 264 g/mol. The SMILES string of the molecule is Cc1c(F)cc(-c2ccc(CCCF)cc2)cc1F. The van der Waals surface area contributed by atoms with Crippen molar-refractivity contribution in [2.45, 2.75) is 19.8 Å². The van der Waals surface area contributed by atoms with Crippen LogP contribution in [0, 0.1) is 18.6 Å². The predicted molar refractivity (Wildman–Crippen MR) is 70.8 cm³/mol. The number of aryl methyl sites for hydroxylation is 1. The maximum Gasteiger partial charge on any atom is 0.129 e. The summed E-state index contributed by atoms with van der Waals surface area (Å²) in [5.41, 5.74) is 2.32. The van der Waals surface area contributed by atoms with Crippen LogP contribution < -0.4 is 0 Å². The fraction of sp³-hybridized carbons (Fsp3) is 0.250. The topological polar surface area (TPSA) is 0 Å². The predicted octanol–water partition coefficient (Wildman–Crippen LogP) is 4.84. The molecule has 0 atom stereocenters. The Bertz CT molecular complexity index is 536. The molecule has 0 amide bonds. The van der Waals surface area contributed by atoms with Crippen molar-refractivity contribution >= 4 is 0 Å². The highest BCUT2D eigenvalue weighted by atomic mass is 19.1. The van der Waals surface area contributed by atoms with Crippen LogP contribution in [-0.2, 0) is 6.42 Å². The van der Waals surface area contributed by atoms with E-state index in [1.807, 2.05) is 12.1 Å². The van der Waals surface area contributed by atoms with Gasteiger partial charge in [-0.15, -0.1) is 0 Å². The maximum atomic E-state index is 13.5. The molecule has 0 heterocycles. The zero-order chi connectivity index (χ0) is 13.8. The van der Waals surface area contributed by atoms with Crippen molar-refractivity contribution in [2.24, 2.45) is 0 Å². The molecule has 0 nitrogen and oxygen atoms in total. The molecule has 2 aromatic rings. The molecule has 0 saturated heterocycles. The molecule has 0 spiro atoms. The van der Waals surface area contributed by atoms with Gasteiger partial charge in [-0.3, -0.25) is 4.39 Å². The van der Waals surface area contributed by atoms with Crippen LogP contribution in [0.5, 0.6) is 0 Å². The third kappa shape index (κ3) is 3.16. The van der Waals surface area contributed by atoms with Crippen LogP contribution in [0.2, 0.25) is 0 Å². The van der Waals surface area contributed by atoms with Gasteiger partial charge in [0.15, 0.2) is 0 Å². The summed E-state index contributed by atoms with van der Waals surface area (Å²) in [6.45, 7) is 1.07. The lowest BCUT2D eigenvalue weighted by atomic mass is 10.0. The fourth-order valence-electron chi connectivity index (χ4n) is 1.95. The molecule has 0 aromatic heterocycles. The number of hydrogen-bond acceptors (Lipinski definition) is 0. The highest BCUT2D eigenvalue weighted by Gasteiger charge is 2.08. The van der Waals surface area contributed by atoms with Gasteiger partial charge in [0, 0.05) is 5.56 Å². The van der Waals surface area contributed by atoms with Crippen molar-refractivity contribution < 1.29 is 13.2 Å². The van der Waals surface area contributed by atoms with Crippen molar-refractivity contribution in [2.75, 3.05) is 6.67 Å². The van der Waals surface area contributed by atoms with Gasteiger partial charge in [-0.25, -0.2) is 8.78 Å². The Morgan fingerprint density at radius 2 is 1.47 bits per heavy atom. The standard InChI is InChI=1S/C16H15F3/c1-11-15(18)9-14(10-16(11)19)13-6-4-12(5-7-13)3-2-8-17/h4-7,9-10H,2-3,8H2,1H3. The van der Waals surface area contributed by atoms with Crippen molar-refractivity contribution in [1.82, 2.24) is 0 Å². The molecule has 0 unspecified atom stereocenters. The summed E-state index contributed by atoms with van der Waals surface area (Å²) < 4.78 is 39.0. The first-order valence-corrected chi connectivity index (χ1v) is 6.22. The van der Waals surface area contributed by atoms with Gasteiger partial charge in [0.1, 0.15) is 11.6 Å². The number of rotatable bonds is 4. The van der Waals surface area contributed by atoms with E-state index in [-0.39, 0.29) is 12.2 Å². The lowest BCUT2D eigenvalue weighted by Crippen LogP contribution is -1.91. The second-order valence-corrected chi connectivity index (χ2v) is 4.55. The van der Waals surface area contributed by atoms with E-state index in [0.29, 0.717) is 18.4 Å². The molecule has 2 aromatic carbocycles. The molecule has 19 heavy (non-hydrogen) atoms. The van der Waals surface area contributed by atoms with E-state index in [1.54, 1.807) is 12.1 Å². The van der Waals surface area contributed by atoms with Crippen LogP contribution in [0.25, 0.3) is 11.1 Å². The van der Waals surface area contributed by atoms with Crippen molar-refractivity contribution in [3.8, 4) is 11.1 Å². The third-order valence-corrected chi connectivity index (χ3v) is 3.17. The van der Waals surface area contributed by atoms with Gasteiger partial charge in [-0.05, 0) is 48.6 Å². The molecule has 0 aliphatic heterocycles. The normalized spacial score (nSPS) is 10.7. The average Bonchev–Trinajstić information content (AvgIpc) is 2.42. The van der Waals surface area contributed by atoms with E-state index in [1.165, 1.54) is 19.1 Å². The number of hydrogen-bond donors (Lipinski definition) is 0. The van der Waals surface area contributed by atoms with E-state index in [2.05, 4.69) is 0 Å². The van der Waals surface area contributed by atoms with Gasteiger partial charge >= 0.3 is 0 Å². The molecule has 100 valence electrons. The van der Waals surface area contributed by atoms with E-state index < -0.39 is 11.6 Å². The smallest absolute Gasteiger partial charge is 0.129 e. The zero-order valence-electron chi connectivity index (χ0n) is 10.7. The number of halogens is 3. The summed E-state index contributed by atoms with van der Waals surface area (Å²) in [7, 11) is 0. The summed E-state index contributed by atoms with van der Waals surface area (Å²) >= 11 is 0. The first kappa shape index (κ1) is 13.7. The largest absolute Gasteiger partial charge is 0.251 e. The first-order chi connectivity index (χ1) is 9.11. The Morgan fingerprint density at radius 1 is 0.895 bits per heavy atom. The van der Waals surface area contributed by atoms with Crippen LogP contribution in [0.1, 0.15) is 17.5 Å². The van der Waals surface area contributed by atoms with Gasteiger partial charge in [-0.2, -0.15) is 0 Å². The van der Waals surface area contributed by atoms with Gasteiger partial charge in [-0.1, -0.05) is 24.3 Å². The molecule has 0 fully saturated rings. The lowest BCUT2D eigenvalue weighted by Gasteiger charge is -2.06. The monoisotopic (exact) mass is 264 g/mol. The summed E-state index contributed by atoms with van der Waals surface area (Å²) in [6, 6.07) is 9.99. The Labute approximate surface area is 110 Å². The minimum absolute atomic E-state index is 0.0308. The van der Waals surface area contributed by atoms with E-state index in [0.717, 1.165) is 11.1 Å². The molecular weight excluding hydrogens is 249 g/mol. The zero-order valence-corrected chi connectivity index (χ0v) is 10.7. The van der Waals surface area contributed by atoms with Crippen molar-refractivity contribution in [1.29, 1.82) is 0 Å². The van der Waals surface area contributed by atoms with Crippen LogP contribution in [0.3, 0.4) is 0 Å². The Hall–Kier alpha value is -1.77. The Kier molecular flexibility index (Phi) is 4.25. The summed E-state index contributed by atoms with van der Waals surface area (Å²) in [4.78, 5) is 0. The Balaban J connectivity index is 2.27. The molecule has 0 bridgehead atoms. The fourth-order valence-corrected chi connectivity index (χ4v) is 1.95. The first-order valence-electron chi connectivity index (χ1n) is 6.22. The summed E-state index contributed by atoms with van der Waals surface area (Å²) in [5, 5.41) is 0. The van der Waals surface area contributed by atoms with Gasteiger partial charge in [0.2, 0.25) is 0 Å². The maximum absolute atomic E-state index is 13.5. The quantitative estimate of drug-likeness (QED) is 0.741. The lowest BCUT2D eigenvalue weighted by molar-refractivity contribution is 0.473. The van der Waals surface area contributed by atoms with Gasteiger partial charge in [0.05, 0.1) is 6.67 Å². The summed E-state index contributed by atoms with van der Waals surface area (Å²) in [6.07, 6.45) is 1.17. The second-order valence-electron chi connectivity index (χ2n) is 4.55.